The van der Waals surface area contributed by atoms with E-state index >= 15 is 0 Å². The molecule has 0 atom stereocenters. The van der Waals surface area contributed by atoms with Gasteiger partial charge in [-0.25, -0.2) is 9.59 Å². The van der Waals surface area contributed by atoms with Gasteiger partial charge in [-0.1, -0.05) is 6.92 Å². The topological polar surface area (TPSA) is 158 Å². The highest BCUT2D eigenvalue weighted by Gasteiger charge is 2.10. The third-order valence-electron chi connectivity index (χ3n) is 2.22. The number of carbonyl (C=O) groups excluding carboxylic acids is 5. The zero-order chi connectivity index (χ0) is 20.4. The fourth-order valence-corrected chi connectivity index (χ4v) is 1.28. The minimum Gasteiger partial charge on any atom is -0.475 e. The summed E-state index contributed by atoms with van der Waals surface area (Å²) in [5.41, 5.74) is 0. The molecule has 0 aromatic carbocycles. The largest absolute Gasteiger partial charge is 0.475 e. The first-order valence-electron chi connectivity index (χ1n) is 6.92. The fourth-order valence-electron chi connectivity index (χ4n) is 1.28. The minimum atomic E-state index is -1.03. The van der Waals surface area contributed by atoms with E-state index in [4.69, 9.17) is 33.4 Å². The molecule has 1 N–H and O–H groups in total. The van der Waals surface area contributed by atoms with E-state index in [1.165, 1.54) is 18.4 Å². The number of rotatable bonds is 4. The lowest BCUT2D eigenvalue weighted by Gasteiger charge is -1.96. The number of carboxylic acids is 1. The summed E-state index contributed by atoms with van der Waals surface area (Å²) in [6.07, 6.45) is 2.61. The summed E-state index contributed by atoms with van der Waals surface area (Å²) in [5, 5.41) is 8.18. The summed E-state index contributed by atoms with van der Waals surface area (Å²) in [6, 6.07) is 6.34. The molecule has 0 amide bonds. The van der Waals surface area contributed by atoms with Gasteiger partial charge in [0, 0.05) is 6.42 Å². The van der Waals surface area contributed by atoms with Crippen LogP contribution in [0, 0.1) is 0 Å². The van der Waals surface area contributed by atoms with Crippen molar-refractivity contribution in [3.05, 3.63) is 47.8 Å². The second-order valence-electron chi connectivity index (χ2n) is 3.79. The molecule has 0 radical (unpaired) electrons. The zero-order valence-electron chi connectivity index (χ0n) is 13.9. The molecule has 0 aliphatic heterocycles. The molecule has 10 heteroatoms. The number of hydrogen-bond donors (Lipinski definition) is 1. The van der Waals surface area contributed by atoms with Crippen LogP contribution in [0.3, 0.4) is 0 Å². The molecule has 140 valence electrons. The number of carbonyl (C=O) groups is 2. The van der Waals surface area contributed by atoms with Gasteiger partial charge in [-0.2, -0.15) is 19.2 Å². The van der Waals surface area contributed by atoms with Crippen LogP contribution in [0.2, 0.25) is 0 Å². The van der Waals surface area contributed by atoms with E-state index in [2.05, 4.69) is 4.42 Å². The Hall–Kier alpha value is -3.74. The summed E-state index contributed by atoms with van der Waals surface area (Å²) in [5.74, 6) is -0.357. The lowest BCUT2D eigenvalue weighted by Crippen LogP contribution is -2.02. The van der Waals surface area contributed by atoms with Crippen LogP contribution in [0.5, 0.6) is 0 Å². The molecule has 26 heavy (non-hydrogen) atoms. The van der Waals surface area contributed by atoms with Crippen LogP contribution in [0.1, 0.15) is 40.7 Å². The van der Waals surface area contributed by atoms with Gasteiger partial charge >= 0.3 is 24.2 Å². The molecule has 0 saturated carbocycles. The molecule has 2 rings (SSSR count). The van der Waals surface area contributed by atoms with Crippen molar-refractivity contribution < 1.29 is 47.4 Å². The Labute approximate surface area is 147 Å². The first-order chi connectivity index (χ1) is 12.4. The van der Waals surface area contributed by atoms with Crippen LogP contribution in [0.15, 0.2) is 39.4 Å². The van der Waals surface area contributed by atoms with Crippen molar-refractivity contribution in [2.24, 2.45) is 0 Å². The SMILES string of the molecule is CCOC(=O)c1ccc(CC)o1.O=C(O)c1ccco1.O=C=O.O=C=O. The molecule has 0 bridgehead atoms. The average Bonchev–Trinajstić information content (AvgIpc) is 3.29. The normalized spacial score (nSPS) is 7.92. The standard InChI is InChI=1S/C9H12O3.C5H4O3.2CO2/c1-3-7-5-6-8(12-7)9(10)11-4-2;6-5(7)4-2-1-3-8-4;2*2-1-3/h5-6H,3-4H2,1-2H3;1-3H,(H,6,7);;. The monoisotopic (exact) mass is 368 g/mol. The maximum absolute atomic E-state index is 11.1. The molecule has 10 nitrogen and oxygen atoms in total. The third kappa shape index (κ3) is 11.8. The quantitative estimate of drug-likeness (QED) is 0.789. The summed E-state index contributed by atoms with van der Waals surface area (Å²) in [6.45, 7) is 4.11. The second kappa shape index (κ2) is 16.1. The maximum Gasteiger partial charge on any atom is 0.374 e. The number of aromatic carboxylic acids is 1. The molecule has 0 spiro atoms. The van der Waals surface area contributed by atoms with E-state index in [9.17, 15) is 9.59 Å². The van der Waals surface area contributed by atoms with Crippen molar-refractivity contribution in [3.8, 4) is 0 Å². The summed E-state index contributed by atoms with van der Waals surface area (Å²) < 4.78 is 14.4. The van der Waals surface area contributed by atoms with Gasteiger partial charge in [0.25, 0.3) is 0 Å². The van der Waals surface area contributed by atoms with Crippen LogP contribution in [-0.4, -0.2) is 36.0 Å². The van der Waals surface area contributed by atoms with Crippen LogP contribution in [0.25, 0.3) is 0 Å². The van der Waals surface area contributed by atoms with Crippen molar-refractivity contribution in [1.82, 2.24) is 0 Å². The summed E-state index contributed by atoms with van der Waals surface area (Å²) >= 11 is 0. The Kier molecular flexibility index (Phi) is 15.2. The highest BCUT2D eigenvalue weighted by molar-refractivity contribution is 5.86. The smallest absolute Gasteiger partial charge is 0.374 e. The Morgan fingerprint density at radius 2 is 1.62 bits per heavy atom. The molecule has 0 unspecified atom stereocenters. The zero-order valence-corrected chi connectivity index (χ0v) is 13.9. The van der Waals surface area contributed by atoms with Crippen LogP contribution in [-0.2, 0) is 30.3 Å². The van der Waals surface area contributed by atoms with Gasteiger partial charge in [0.2, 0.25) is 11.5 Å². The molecule has 0 fully saturated rings. The summed E-state index contributed by atoms with van der Waals surface area (Å²) in [4.78, 5) is 53.5. The van der Waals surface area contributed by atoms with Crippen molar-refractivity contribution in [3.63, 3.8) is 0 Å². The molecular weight excluding hydrogens is 352 g/mol. The van der Waals surface area contributed by atoms with Crippen molar-refractivity contribution >= 4 is 24.2 Å². The predicted octanol–water partition coefficient (Wildman–Crippen LogP) is 1.83. The third-order valence-corrected chi connectivity index (χ3v) is 2.22. The summed E-state index contributed by atoms with van der Waals surface area (Å²) in [7, 11) is 0. The van der Waals surface area contributed by atoms with Gasteiger partial charge < -0.3 is 18.7 Å². The lowest BCUT2D eigenvalue weighted by molar-refractivity contribution is -0.193. The van der Waals surface area contributed by atoms with Gasteiger partial charge in [0.05, 0.1) is 12.9 Å². The van der Waals surface area contributed by atoms with E-state index in [0.717, 1.165) is 12.2 Å². The Morgan fingerprint density at radius 3 is 1.92 bits per heavy atom. The van der Waals surface area contributed by atoms with Crippen LogP contribution in [0.4, 0.5) is 0 Å². The molecule has 0 aliphatic rings. The van der Waals surface area contributed by atoms with Crippen molar-refractivity contribution in [2.45, 2.75) is 20.3 Å². The van der Waals surface area contributed by atoms with E-state index in [1.807, 2.05) is 6.92 Å². The van der Waals surface area contributed by atoms with Gasteiger partial charge in [0.1, 0.15) is 5.76 Å². The van der Waals surface area contributed by atoms with Gasteiger partial charge in [-0.3, -0.25) is 0 Å². The highest BCUT2D eigenvalue weighted by atomic mass is 16.5. The van der Waals surface area contributed by atoms with E-state index in [1.54, 1.807) is 19.1 Å². The van der Waals surface area contributed by atoms with Crippen LogP contribution < -0.4 is 0 Å². The van der Waals surface area contributed by atoms with Gasteiger partial charge in [0.15, 0.2) is 0 Å². The Balaban J connectivity index is 0. The molecular formula is C16H16O10. The molecule has 0 saturated heterocycles. The first kappa shape index (κ1) is 24.5. The number of furan rings is 2. The van der Waals surface area contributed by atoms with E-state index < -0.39 is 11.9 Å². The number of aryl methyl sites for hydroxylation is 1. The number of ether oxygens (including phenoxy) is 1. The van der Waals surface area contributed by atoms with Crippen molar-refractivity contribution in [2.75, 3.05) is 6.61 Å². The second-order valence-corrected chi connectivity index (χ2v) is 3.79. The maximum atomic E-state index is 11.1. The van der Waals surface area contributed by atoms with Crippen molar-refractivity contribution in [1.29, 1.82) is 0 Å². The lowest BCUT2D eigenvalue weighted by atomic mass is 10.3. The number of hydrogen-bond acceptors (Lipinski definition) is 9. The van der Waals surface area contributed by atoms with Gasteiger partial charge in [-0.15, -0.1) is 0 Å². The minimum absolute atomic E-state index is 0.0231. The fraction of sp³-hybridized carbons (Fsp3) is 0.250. The predicted molar refractivity (Wildman–Crippen MR) is 79.7 cm³/mol. The molecule has 2 heterocycles. The van der Waals surface area contributed by atoms with E-state index in [0.29, 0.717) is 6.61 Å². The Morgan fingerprint density at radius 1 is 1.04 bits per heavy atom. The molecule has 2 aromatic rings. The first-order valence-corrected chi connectivity index (χ1v) is 6.92. The van der Waals surface area contributed by atoms with Gasteiger partial charge in [-0.05, 0) is 31.2 Å². The average molecular weight is 368 g/mol. The number of carboxylic acid groups (broad SMARTS) is 1. The Bertz CT molecular complexity index is 687. The highest BCUT2D eigenvalue weighted by Crippen LogP contribution is 2.09. The van der Waals surface area contributed by atoms with Crippen LogP contribution >= 0.6 is 0 Å². The number of esters is 1. The molecule has 2 aromatic heterocycles. The van der Waals surface area contributed by atoms with E-state index in [-0.39, 0.29) is 23.8 Å². The molecule has 0 aliphatic carbocycles.